The predicted octanol–water partition coefficient (Wildman–Crippen LogP) is 8.27. The number of imidazole rings is 2. The highest BCUT2D eigenvalue weighted by molar-refractivity contribution is 6.04. The zero-order valence-corrected chi connectivity index (χ0v) is 29.6. The third-order valence-electron chi connectivity index (χ3n) is 10.4. The van der Waals surface area contributed by atoms with E-state index in [1.165, 1.54) is 6.07 Å². The molecule has 2 aromatic heterocycles. The molecule has 4 aliphatic rings. The maximum Gasteiger partial charge on any atom is 0.411 e. The lowest BCUT2D eigenvalue weighted by atomic mass is 10.1. The summed E-state index contributed by atoms with van der Waals surface area (Å²) in [5.74, 6) is 8.12. The number of aromatic nitrogens is 4. The molecule has 6 atom stereocenters. The number of nitrogens with one attached hydrogen (secondary N) is 2. The number of aromatic amines is 2. The van der Waals surface area contributed by atoms with E-state index in [-0.39, 0.29) is 41.9 Å². The number of carbonyl (C=O) groups excluding carboxylic acids is 2. The number of amides is 2. The van der Waals surface area contributed by atoms with Gasteiger partial charge in [-0.2, -0.15) is 0 Å². The SMILES string of the molecule is CC(C)(C)OC(=O)N1[C@@H]2C[C@@H]2C[C@H]1c1nc2c(F)cc(C#Cc3ccc4c(ccc5nc([C@@H]6C[C@H]7C[C@H]7N6C(=O)OC(C)(C)C)[nH]c54)c3)cc2[nH]1. The molecule has 0 bridgehead atoms. The van der Waals surface area contributed by atoms with Gasteiger partial charge in [-0.15, -0.1) is 0 Å². The van der Waals surface area contributed by atoms with Crippen LogP contribution in [-0.4, -0.2) is 65.2 Å². The van der Waals surface area contributed by atoms with Crippen molar-refractivity contribution < 1.29 is 23.5 Å². The maximum atomic E-state index is 15.4. The summed E-state index contributed by atoms with van der Waals surface area (Å²) in [6.45, 7) is 11.2. The van der Waals surface area contributed by atoms with Crippen molar-refractivity contribution >= 4 is 45.0 Å². The van der Waals surface area contributed by atoms with Crippen LogP contribution >= 0.6 is 0 Å². The van der Waals surface area contributed by atoms with Crippen LogP contribution in [0, 0.1) is 29.5 Å². The van der Waals surface area contributed by atoms with Gasteiger partial charge in [-0.1, -0.05) is 24.0 Å². The number of ether oxygens (including phenoxy) is 2. The van der Waals surface area contributed by atoms with Gasteiger partial charge in [0.2, 0.25) is 0 Å². The standard InChI is InChI=1S/C40H41FN6O4/c1-39(2,3)50-37(48)46-29-16-23(29)18-31(46)35-42-27-12-10-22-13-20(9-11-25(22)33(27)44-35)7-8-21-14-26(41)34-28(15-21)43-36(45-34)32-19-24-17-30(24)47(32)38(49)51-40(4,5)6/h9-15,23-24,29-32H,16-19H2,1-6H3,(H,42,44)(H,43,45)/t23-,24-,29-,30-,31+,32+/m1/s1. The number of carbonyl (C=O) groups is 2. The van der Waals surface area contributed by atoms with E-state index in [2.05, 4.69) is 26.8 Å². The van der Waals surface area contributed by atoms with E-state index in [0.29, 0.717) is 28.7 Å². The number of hydrogen-bond donors (Lipinski definition) is 2. The molecule has 2 saturated carbocycles. The summed E-state index contributed by atoms with van der Waals surface area (Å²) in [5.41, 5.74) is 2.67. The van der Waals surface area contributed by atoms with E-state index in [4.69, 9.17) is 14.5 Å². The molecule has 3 aromatic carbocycles. The quantitative estimate of drug-likeness (QED) is 0.180. The predicted molar refractivity (Wildman–Crippen MR) is 190 cm³/mol. The van der Waals surface area contributed by atoms with Crippen LogP contribution in [0.15, 0.2) is 42.5 Å². The normalized spacial score (nSPS) is 25.2. The Balaban J connectivity index is 0.966. The van der Waals surface area contributed by atoms with Gasteiger partial charge in [0.15, 0.2) is 5.82 Å². The van der Waals surface area contributed by atoms with Crippen LogP contribution in [0.25, 0.3) is 32.8 Å². The Morgan fingerprint density at radius 1 is 0.765 bits per heavy atom. The summed E-state index contributed by atoms with van der Waals surface area (Å²) >= 11 is 0. The maximum absolute atomic E-state index is 15.4. The molecule has 10 nitrogen and oxygen atoms in total. The molecule has 9 rings (SSSR count). The second-order valence-corrected chi connectivity index (χ2v) is 16.6. The molecule has 2 aliphatic carbocycles. The first-order chi connectivity index (χ1) is 24.2. The molecule has 5 aromatic rings. The number of nitrogens with zero attached hydrogens (tertiary/aromatic N) is 4. The number of hydrogen-bond acceptors (Lipinski definition) is 6. The van der Waals surface area contributed by atoms with Gasteiger partial charge >= 0.3 is 12.2 Å². The average Bonchev–Trinajstić information content (AvgIpc) is 3.69. The third kappa shape index (κ3) is 5.75. The minimum absolute atomic E-state index is 0.144. The Hall–Kier alpha value is -5.11. The Bertz CT molecular complexity index is 2340. The van der Waals surface area contributed by atoms with Crippen molar-refractivity contribution in [3.05, 3.63) is 71.1 Å². The highest BCUT2D eigenvalue weighted by atomic mass is 19.1. The molecule has 11 heteroatoms. The first-order valence-corrected chi connectivity index (χ1v) is 17.9. The van der Waals surface area contributed by atoms with E-state index in [1.54, 1.807) is 11.0 Å². The van der Waals surface area contributed by atoms with Gasteiger partial charge in [0.25, 0.3) is 0 Å². The topological polar surface area (TPSA) is 116 Å². The van der Waals surface area contributed by atoms with Crippen LogP contribution in [0.4, 0.5) is 14.0 Å². The van der Waals surface area contributed by atoms with Gasteiger partial charge < -0.3 is 19.4 Å². The zero-order valence-electron chi connectivity index (χ0n) is 29.6. The lowest BCUT2D eigenvalue weighted by Crippen LogP contribution is -2.38. The number of piperidine rings is 2. The number of halogens is 1. The van der Waals surface area contributed by atoms with Crippen LogP contribution in [-0.2, 0) is 9.47 Å². The minimum atomic E-state index is -0.607. The van der Waals surface area contributed by atoms with Crippen molar-refractivity contribution in [2.75, 3.05) is 0 Å². The van der Waals surface area contributed by atoms with Crippen LogP contribution in [0.5, 0.6) is 0 Å². The van der Waals surface area contributed by atoms with E-state index in [9.17, 15) is 9.59 Å². The second-order valence-electron chi connectivity index (χ2n) is 16.6. The van der Waals surface area contributed by atoms with Gasteiger partial charge in [0.05, 0.1) is 28.6 Å². The minimum Gasteiger partial charge on any atom is -0.444 e. The summed E-state index contributed by atoms with van der Waals surface area (Å²) in [6, 6.07) is 13.1. The molecule has 4 fully saturated rings. The van der Waals surface area contributed by atoms with Gasteiger partial charge in [0.1, 0.15) is 28.4 Å². The summed E-state index contributed by atoms with van der Waals surface area (Å²) in [5, 5.41) is 2.00. The largest absolute Gasteiger partial charge is 0.444 e. The van der Waals surface area contributed by atoms with Crippen LogP contribution in [0.2, 0.25) is 0 Å². The number of rotatable bonds is 2. The molecular weight excluding hydrogens is 647 g/mol. The molecule has 4 heterocycles. The highest BCUT2D eigenvalue weighted by Gasteiger charge is 2.57. The van der Waals surface area contributed by atoms with Crippen LogP contribution in [0.3, 0.4) is 0 Å². The zero-order chi connectivity index (χ0) is 35.6. The lowest BCUT2D eigenvalue weighted by Gasteiger charge is -2.29. The summed E-state index contributed by atoms with van der Waals surface area (Å²) < 4.78 is 26.8. The fourth-order valence-electron chi connectivity index (χ4n) is 8.09. The Morgan fingerprint density at radius 2 is 1.37 bits per heavy atom. The highest BCUT2D eigenvalue weighted by Crippen LogP contribution is 2.54. The van der Waals surface area contributed by atoms with Crippen molar-refractivity contribution in [2.45, 2.75) is 103 Å². The number of likely N-dealkylation sites (tertiary alicyclic amines) is 2. The van der Waals surface area contributed by atoms with Gasteiger partial charge in [-0.05, 0) is 115 Å². The molecule has 0 spiro atoms. The monoisotopic (exact) mass is 688 g/mol. The van der Waals surface area contributed by atoms with Crippen LogP contribution in [0.1, 0.15) is 102 Å². The number of H-pyrrole nitrogens is 2. The molecule has 0 radical (unpaired) electrons. The van der Waals surface area contributed by atoms with Crippen molar-refractivity contribution in [3.63, 3.8) is 0 Å². The van der Waals surface area contributed by atoms with Crippen molar-refractivity contribution in [1.29, 1.82) is 0 Å². The van der Waals surface area contributed by atoms with Gasteiger partial charge in [0, 0.05) is 28.6 Å². The van der Waals surface area contributed by atoms with Gasteiger partial charge in [-0.25, -0.2) is 23.9 Å². The van der Waals surface area contributed by atoms with Crippen LogP contribution < -0.4 is 0 Å². The van der Waals surface area contributed by atoms with E-state index in [1.807, 2.05) is 76.8 Å². The molecule has 0 unspecified atom stereocenters. The first-order valence-electron chi connectivity index (χ1n) is 17.9. The summed E-state index contributed by atoms with van der Waals surface area (Å²) in [6.07, 6.45) is 2.99. The van der Waals surface area contributed by atoms with Gasteiger partial charge in [-0.3, -0.25) is 9.80 Å². The first kappa shape index (κ1) is 31.8. The second kappa shape index (κ2) is 10.9. The smallest absolute Gasteiger partial charge is 0.411 e. The number of benzene rings is 3. The van der Waals surface area contributed by atoms with E-state index in [0.717, 1.165) is 58.9 Å². The van der Waals surface area contributed by atoms with Crippen molar-refractivity contribution in [3.8, 4) is 11.8 Å². The molecule has 2 amide bonds. The molecule has 262 valence electrons. The molecular formula is C40H41FN6O4. The number of fused-ring (bicyclic) bond motifs is 6. The molecule has 2 saturated heterocycles. The summed E-state index contributed by atoms with van der Waals surface area (Å²) in [7, 11) is 0. The third-order valence-corrected chi connectivity index (χ3v) is 10.4. The Kier molecular flexibility index (Phi) is 6.83. The Morgan fingerprint density at radius 3 is 2.00 bits per heavy atom. The average molecular weight is 689 g/mol. The lowest BCUT2D eigenvalue weighted by molar-refractivity contribution is 0.0164. The molecule has 2 aliphatic heterocycles. The molecule has 51 heavy (non-hydrogen) atoms. The van der Waals surface area contributed by atoms with Crippen molar-refractivity contribution in [1.82, 2.24) is 29.7 Å². The van der Waals surface area contributed by atoms with Crippen molar-refractivity contribution in [2.24, 2.45) is 11.8 Å². The molecule has 2 N–H and O–H groups in total. The Labute approximate surface area is 295 Å². The van der Waals surface area contributed by atoms with E-state index >= 15 is 4.39 Å². The van der Waals surface area contributed by atoms with E-state index < -0.39 is 17.0 Å². The summed E-state index contributed by atoms with van der Waals surface area (Å²) in [4.78, 5) is 46.2. The fourth-order valence-corrected chi connectivity index (χ4v) is 8.09. The fraction of sp³-hybridized carbons (Fsp3) is 0.450.